The zero-order valence-electron chi connectivity index (χ0n) is 18.5. The highest BCUT2D eigenvalue weighted by molar-refractivity contribution is 5.71. The molecule has 0 N–H and O–H groups in total. The summed E-state index contributed by atoms with van der Waals surface area (Å²) in [6.07, 6.45) is 23.5. The molecule has 2 unspecified atom stereocenters. The van der Waals surface area contributed by atoms with Gasteiger partial charge in [0.1, 0.15) is 0 Å². The quantitative estimate of drug-likeness (QED) is 0.170. The number of unbranched alkanes of at least 4 members (excludes halogenated alkanes) is 14. The molecule has 0 saturated carbocycles. The highest BCUT2D eigenvalue weighted by atomic mass is 16.5. The Morgan fingerprint density at radius 3 is 1.46 bits per heavy atom. The largest absolute Gasteiger partial charge is 0.469 e. The first kappa shape index (κ1) is 25.5. The van der Waals surface area contributed by atoms with Crippen LogP contribution in [0, 0.1) is 11.8 Å². The molecule has 0 aromatic rings. The van der Waals surface area contributed by atoms with Crippen LogP contribution < -0.4 is 0 Å². The number of rotatable bonds is 19. The normalized spacial score (nSPS) is 13.5. The van der Waals surface area contributed by atoms with E-state index in [0.717, 1.165) is 6.42 Å². The molecule has 2 nitrogen and oxygen atoms in total. The first-order valence-electron chi connectivity index (χ1n) is 11.7. The lowest BCUT2D eigenvalue weighted by Crippen LogP contribution is -2.15. The molecule has 0 aliphatic carbocycles. The molecule has 2 heteroatoms. The molecule has 0 radical (unpaired) electrons. The van der Waals surface area contributed by atoms with Gasteiger partial charge in [0.15, 0.2) is 0 Å². The number of hydrogen-bond acceptors (Lipinski definition) is 2. The van der Waals surface area contributed by atoms with E-state index >= 15 is 0 Å². The second-order valence-corrected chi connectivity index (χ2v) is 8.50. The van der Waals surface area contributed by atoms with E-state index in [1.165, 1.54) is 110 Å². The standard InChI is InChI=1S/C24H48O2/c1-5-6-7-8-9-10-11-12-13-14-15-16-17-18-19-20-22(2)21-23(3)24(25)26-4/h22-23H,5-21H2,1-4H3. The zero-order chi connectivity index (χ0) is 19.5. The molecule has 0 aliphatic heterocycles. The van der Waals surface area contributed by atoms with Crippen LogP contribution >= 0.6 is 0 Å². The topological polar surface area (TPSA) is 26.3 Å². The lowest BCUT2D eigenvalue weighted by molar-refractivity contribution is -0.145. The van der Waals surface area contributed by atoms with E-state index in [-0.39, 0.29) is 11.9 Å². The maximum Gasteiger partial charge on any atom is 0.308 e. The predicted molar refractivity (Wildman–Crippen MR) is 115 cm³/mol. The monoisotopic (exact) mass is 368 g/mol. The molecule has 0 aliphatic rings. The van der Waals surface area contributed by atoms with Crippen LogP contribution in [0.3, 0.4) is 0 Å². The van der Waals surface area contributed by atoms with Crippen LogP contribution in [-0.2, 0) is 9.53 Å². The smallest absolute Gasteiger partial charge is 0.308 e. The molecule has 2 atom stereocenters. The third-order valence-electron chi connectivity index (χ3n) is 5.66. The average Bonchev–Trinajstić information content (AvgIpc) is 2.64. The van der Waals surface area contributed by atoms with Crippen LogP contribution in [0.1, 0.15) is 130 Å². The fourth-order valence-corrected chi connectivity index (χ4v) is 3.88. The van der Waals surface area contributed by atoms with E-state index in [1.54, 1.807) is 0 Å². The summed E-state index contributed by atoms with van der Waals surface area (Å²) in [5.74, 6) is 0.616. The number of esters is 1. The molecule has 0 spiro atoms. The van der Waals surface area contributed by atoms with E-state index in [2.05, 4.69) is 13.8 Å². The third-order valence-corrected chi connectivity index (χ3v) is 5.66. The van der Waals surface area contributed by atoms with Gasteiger partial charge in [-0.2, -0.15) is 0 Å². The van der Waals surface area contributed by atoms with Gasteiger partial charge in [0.2, 0.25) is 0 Å². The van der Waals surface area contributed by atoms with E-state index in [9.17, 15) is 4.79 Å². The molecule has 26 heavy (non-hydrogen) atoms. The number of hydrogen-bond donors (Lipinski definition) is 0. The van der Waals surface area contributed by atoms with Gasteiger partial charge in [-0.25, -0.2) is 0 Å². The minimum atomic E-state index is -0.0617. The number of carbonyl (C=O) groups is 1. The van der Waals surface area contributed by atoms with Gasteiger partial charge < -0.3 is 4.74 Å². The lowest BCUT2D eigenvalue weighted by atomic mass is 9.92. The van der Waals surface area contributed by atoms with Crippen LogP contribution in [0.25, 0.3) is 0 Å². The molecular weight excluding hydrogens is 320 g/mol. The Balaban J connectivity index is 3.23. The van der Waals surface area contributed by atoms with Gasteiger partial charge in [-0.05, 0) is 12.3 Å². The second kappa shape index (κ2) is 19.2. The highest BCUT2D eigenvalue weighted by Crippen LogP contribution is 2.20. The van der Waals surface area contributed by atoms with Gasteiger partial charge in [0, 0.05) is 0 Å². The second-order valence-electron chi connectivity index (χ2n) is 8.50. The van der Waals surface area contributed by atoms with Crippen molar-refractivity contribution in [1.29, 1.82) is 0 Å². The molecule has 0 bridgehead atoms. The molecule has 0 rings (SSSR count). The Morgan fingerprint density at radius 2 is 1.08 bits per heavy atom. The average molecular weight is 369 g/mol. The van der Waals surface area contributed by atoms with Crippen molar-refractivity contribution in [2.45, 2.75) is 130 Å². The molecule has 0 fully saturated rings. The van der Waals surface area contributed by atoms with Crippen LogP contribution in [0.15, 0.2) is 0 Å². The summed E-state index contributed by atoms with van der Waals surface area (Å²) in [7, 11) is 1.48. The molecule has 156 valence electrons. The van der Waals surface area contributed by atoms with Crippen molar-refractivity contribution >= 4 is 5.97 Å². The maximum atomic E-state index is 11.4. The van der Waals surface area contributed by atoms with Crippen molar-refractivity contribution in [3.63, 3.8) is 0 Å². The Hall–Kier alpha value is -0.530. The van der Waals surface area contributed by atoms with Crippen LogP contribution in [0.4, 0.5) is 0 Å². The van der Waals surface area contributed by atoms with Crippen LogP contribution in [-0.4, -0.2) is 13.1 Å². The van der Waals surface area contributed by atoms with E-state index < -0.39 is 0 Å². The summed E-state index contributed by atoms with van der Waals surface area (Å²) in [5, 5.41) is 0. The Labute approximate surface area is 164 Å². The molecule has 0 saturated heterocycles. The first-order chi connectivity index (χ1) is 12.6. The van der Waals surface area contributed by atoms with Gasteiger partial charge in [0.25, 0.3) is 0 Å². The first-order valence-corrected chi connectivity index (χ1v) is 11.7. The minimum Gasteiger partial charge on any atom is -0.469 e. The summed E-state index contributed by atoms with van der Waals surface area (Å²) in [6, 6.07) is 0. The number of ether oxygens (including phenoxy) is 1. The van der Waals surface area contributed by atoms with E-state index in [0.29, 0.717) is 5.92 Å². The summed E-state index contributed by atoms with van der Waals surface area (Å²) >= 11 is 0. The van der Waals surface area contributed by atoms with Crippen molar-refractivity contribution in [2.75, 3.05) is 7.11 Å². The number of methoxy groups -OCH3 is 1. The molecular formula is C24H48O2. The molecule has 0 aromatic carbocycles. The van der Waals surface area contributed by atoms with Gasteiger partial charge >= 0.3 is 5.97 Å². The summed E-state index contributed by atoms with van der Waals surface area (Å²) in [5.41, 5.74) is 0. The van der Waals surface area contributed by atoms with Crippen molar-refractivity contribution in [3.05, 3.63) is 0 Å². The minimum absolute atomic E-state index is 0.0475. The zero-order valence-corrected chi connectivity index (χ0v) is 18.5. The molecule has 0 heterocycles. The van der Waals surface area contributed by atoms with Gasteiger partial charge in [-0.1, -0.05) is 124 Å². The van der Waals surface area contributed by atoms with E-state index in [1.807, 2.05) is 6.92 Å². The Kier molecular flexibility index (Phi) is 18.8. The predicted octanol–water partition coefficient (Wildman–Crippen LogP) is 8.08. The SMILES string of the molecule is CCCCCCCCCCCCCCCCCC(C)CC(C)C(=O)OC. The van der Waals surface area contributed by atoms with Gasteiger partial charge in [0.05, 0.1) is 13.0 Å². The van der Waals surface area contributed by atoms with Crippen LogP contribution in [0.5, 0.6) is 0 Å². The number of carbonyl (C=O) groups excluding carboxylic acids is 1. The third kappa shape index (κ3) is 16.9. The van der Waals surface area contributed by atoms with Crippen molar-refractivity contribution < 1.29 is 9.53 Å². The molecule has 0 aromatic heterocycles. The fraction of sp³-hybridized carbons (Fsp3) is 0.958. The van der Waals surface area contributed by atoms with Crippen molar-refractivity contribution in [3.8, 4) is 0 Å². The Bertz CT molecular complexity index is 301. The fourth-order valence-electron chi connectivity index (χ4n) is 3.88. The highest BCUT2D eigenvalue weighted by Gasteiger charge is 2.16. The lowest BCUT2D eigenvalue weighted by Gasteiger charge is -2.15. The van der Waals surface area contributed by atoms with Crippen LogP contribution in [0.2, 0.25) is 0 Å². The van der Waals surface area contributed by atoms with Gasteiger partial charge in [-0.15, -0.1) is 0 Å². The maximum absolute atomic E-state index is 11.4. The van der Waals surface area contributed by atoms with E-state index in [4.69, 9.17) is 4.74 Å². The Morgan fingerprint density at radius 1 is 0.692 bits per heavy atom. The van der Waals surface area contributed by atoms with Crippen molar-refractivity contribution in [2.24, 2.45) is 11.8 Å². The summed E-state index contributed by atoms with van der Waals surface area (Å²) in [4.78, 5) is 11.4. The van der Waals surface area contributed by atoms with Gasteiger partial charge in [-0.3, -0.25) is 4.79 Å². The molecule has 0 amide bonds. The van der Waals surface area contributed by atoms with Crippen molar-refractivity contribution in [1.82, 2.24) is 0 Å². The summed E-state index contributed by atoms with van der Waals surface area (Å²) in [6.45, 7) is 6.53. The summed E-state index contributed by atoms with van der Waals surface area (Å²) < 4.78 is 4.81.